The molecular weight excluding hydrogens is 318 g/mol. The quantitative estimate of drug-likeness (QED) is 0.892. The van der Waals surface area contributed by atoms with Crippen LogP contribution >= 0.6 is 0 Å². The second-order valence-electron chi connectivity index (χ2n) is 6.21. The first-order valence-electron chi connectivity index (χ1n) is 8.78. The van der Waals surface area contributed by atoms with E-state index in [9.17, 15) is 4.79 Å². The Labute approximate surface area is 148 Å². The van der Waals surface area contributed by atoms with E-state index in [4.69, 9.17) is 4.52 Å². The third kappa shape index (κ3) is 3.72. The van der Waals surface area contributed by atoms with Crippen molar-refractivity contribution in [2.75, 3.05) is 39.8 Å². The topological polar surface area (TPSA) is 74.5 Å². The molecule has 0 radical (unpaired) electrons. The summed E-state index contributed by atoms with van der Waals surface area (Å²) in [6.07, 6.45) is 0. The van der Waals surface area contributed by atoms with Crippen molar-refractivity contribution in [1.82, 2.24) is 25.3 Å². The molecule has 25 heavy (non-hydrogen) atoms. The molecular formula is C18H25N5O2. The van der Waals surface area contributed by atoms with Crippen molar-refractivity contribution in [2.45, 2.75) is 19.9 Å². The van der Waals surface area contributed by atoms with E-state index >= 15 is 0 Å². The Kier molecular flexibility index (Phi) is 5.45. The minimum Gasteiger partial charge on any atom is -0.339 e. The van der Waals surface area contributed by atoms with Crippen LogP contribution in [0.4, 0.5) is 0 Å². The third-order valence-corrected chi connectivity index (χ3v) is 4.68. The molecule has 1 saturated heterocycles. The van der Waals surface area contributed by atoms with Crippen LogP contribution in [0.5, 0.6) is 0 Å². The third-order valence-electron chi connectivity index (χ3n) is 4.68. The molecule has 2 aromatic rings. The summed E-state index contributed by atoms with van der Waals surface area (Å²) in [7, 11) is 2.06. The average molecular weight is 343 g/mol. The Morgan fingerprint density at radius 2 is 2.04 bits per heavy atom. The van der Waals surface area contributed by atoms with E-state index in [1.165, 1.54) is 0 Å². The smallest absolute Gasteiger partial charge is 0.257 e. The van der Waals surface area contributed by atoms with Crippen LogP contribution in [0.3, 0.4) is 0 Å². The van der Waals surface area contributed by atoms with Gasteiger partial charge in [0.25, 0.3) is 11.8 Å². The SMILES string of the molecule is CCN(CC)C(=O)c1ccc(-c2nc(C3CNCCN3C)no2)cc1. The zero-order valence-electron chi connectivity index (χ0n) is 15.0. The van der Waals surface area contributed by atoms with Crippen molar-refractivity contribution in [3.05, 3.63) is 35.7 Å². The molecule has 2 heterocycles. The van der Waals surface area contributed by atoms with Crippen LogP contribution in [0.1, 0.15) is 36.1 Å². The van der Waals surface area contributed by atoms with E-state index in [1.807, 2.05) is 38.1 Å². The van der Waals surface area contributed by atoms with Crippen molar-refractivity contribution >= 4 is 5.91 Å². The maximum atomic E-state index is 12.4. The highest BCUT2D eigenvalue weighted by atomic mass is 16.5. The minimum absolute atomic E-state index is 0.0395. The summed E-state index contributed by atoms with van der Waals surface area (Å²) in [5.41, 5.74) is 1.49. The van der Waals surface area contributed by atoms with Gasteiger partial charge in [-0.15, -0.1) is 0 Å². The van der Waals surface area contributed by atoms with Gasteiger partial charge in [-0.1, -0.05) is 5.16 Å². The van der Waals surface area contributed by atoms with Crippen molar-refractivity contribution in [3.8, 4) is 11.5 Å². The number of benzene rings is 1. The molecule has 1 fully saturated rings. The summed E-state index contributed by atoms with van der Waals surface area (Å²) >= 11 is 0. The van der Waals surface area contributed by atoms with Crippen LogP contribution in [0.2, 0.25) is 0 Å². The van der Waals surface area contributed by atoms with Gasteiger partial charge in [0.15, 0.2) is 5.82 Å². The number of aromatic nitrogens is 2. The lowest BCUT2D eigenvalue weighted by Gasteiger charge is -2.30. The predicted octanol–water partition coefficient (Wildman–Crippen LogP) is 1.79. The van der Waals surface area contributed by atoms with Crippen LogP contribution in [-0.2, 0) is 0 Å². The normalized spacial score (nSPS) is 18.3. The van der Waals surface area contributed by atoms with Gasteiger partial charge < -0.3 is 14.7 Å². The number of carbonyl (C=O) groups is 1. The molecule has 3 rings (SSSR count). The van der Waals surface area contributed by atoms with Gasteiger partial charge in [0, 0.05) is 43.9 Å². The molecule has 134 valence electrons. The van der Waals surface area contributed by atoms with Crippen LogP contribution in [0, 0.1) is 0 Å². The van der Waals surface area contributed by atoms with Crippen LogP contribution in [-0.4, -0.2) is 65.6 Å². The lowest BCUT2D eigenvalue weighted by molar-refractivity contribution is 0.0773. The van der Waals surface area contributed by atoms with E-state index in [2.05, 4.69) is 27.4 Å². The summed E-state index contributed by atoms with van der Waals surface area (Å²) < 4.78 is 5.43. The van der Waals surface area contributed by atoms with Crippen LogP contribution < -0.4 is 5.32 Å². The highest BCUT2D eigenvalue weighted by Crippen LogP contribution is 2.23. The molecule has 1 N–H and O–H groups in total. The fourth-order valence-electron chi connectivity index (χ4n) is 3.03. The van der Waals surface area contributed by atoms with Gasteiger partial charge in [0.05, 0.1) is 6.04 Å². The number of nitrogens with one attached hydrogen (secondary N) is 1. The fourth-order valence-corrected chi connectivity index (χ4v) is 3.03. The lowest BCUT2D eigenvalue weighted by atomic mass is 10.1. The van der Waals surface area contributed by atoms with Crippen LogP contribution in [0.25, 0.3) is 11.5 Å². The molecule has 1 aliphatic rings. The first-order valence-corrected chi connectivity index (χ1v) is 8.78. The Morgan fingerprint density at radius 1 is 1.32 bits per heavy atom. The molecule has 1 aromatic carbocycles. The van der Waals surface area contributed by atoms with Gasteiger partial charge in [0.1, 0.15) is 0 Å². The molecule has 1 atom stereocenters. The van der Waals surface area contributed by atoms with Gasteiger partial charge in [-0.3, -0.25) is 9.69 Å². The fraction of sp³-hybridized carbons (Fsp3) is 0.500. The number of piperazine rings is 1. The molecule has 1 unspecified atom stereocenters. The van der Waals surface area contributed by atoms with Gasteiger partial charge in [-0.2, -0.15) is 4.98 Å². The molecule has 1 aromatic heterocycles. The summed E-state index contributed by atoms with van der Waals surface area (Å²) in [5.74, 6) is 1.21. The minimum atomic E-state index is 0.0395. The number of likely N-dealkylation sites (N-methyl/N-ethyl adjacent to an activating group) is 1. The lowest BCUT2D eigenvalue weighted by Crippen LogP contribution is -2.44. The number of amides is 1. The van der Waals surface area contributed by atoms with Crippen molar-refractivity contribution in [1.29, 1.82) is 0 Å². The zero-order valence-corrected chi connectivity index (χ0v) is 15.0. The second-order valence-corrected chi connectivity index (χ2v) is 6.21. The molecule has 7 heteroatoms. The highest BCUT2D eigenvalue weighted by Gasteiger charge is 2.25. The Morgan fingerprint density at radius 3 is 2.68 bits per heavy atom. The van der Waals surface area contributed by atoms with E-state index in [0.29, 0.717) is 30.4 Å². The summed E-state index contributed by atoms with van der Waals surface area (Å²) in [5, 5.41) is 7.48. The average Bonchev–Trinajstić information content (AvgIpc) is 3.13. The second kappa shape index (κ2) is 7.76. The molecule has 7 nitrogen and oxygen atoms in total. The summed E-state index contributed by atoms with van der Waals surface area (Å²) in [6.45, 7) is 8.10. The van der Waals surface area contributed by atoms with Crippen molar-refractivity contribution in [3.63, 3.8) is 0 Å². The standard InChI is InChI=1S/C18H25N5O2/c1-4-23(5-2)18(24)14-8-6-13(7-9-14)17-20-16(21-25-17)15-12-19-10-11-22(15)3/h6-9,15,19H,4-5,10-12H2,1-3H3. The largest absolute Gasteiger partial charge is 0.339 e. The number of rotatable bonds is 5. The van der Waals surface area contributed by atoms with Crippen molar-refractivity contribution in [2.24, 2.45) is 0 Å². The number of hydrogen-bond donors (Lipinski definition) is 1. The Bertz CT molecular complexity index is 709. The van der Waals surface area contributed by atoms with E-state index in [1.54, 1.807) is 4.90 Å². The molecule has 1 amide bonds. The summed E-state index contributed by atoms with van der Waals surface area (Å²) in [6, 6.07) is 7.46. The number of carbonyl (C=O) groups excluding carboxylic acids is 1. The molecule has 0 bridgehead atoms. The van der Waals surface area contributed by atoms with E-state index in [0.717, 1.165) is 25.2 Å². The zero-order chi connectivity index (χ0) is 17.8. The maximum absolute atomic E-state index is 12.4. The number of nitrogens with zero attached hydrogens (tertiary/aromatic N) is 4. The molecule has 0 saturated carbocycles. The van der Waals surface area contributed by atoms with Gasteiger partial charge in [0.2, 0.25) is 0 Å². The van der Waals surface area contributed by atoms with Gasteiger partial charge >= 0.3 is 0 Å². The van der Waals surface area contributed by atoms with Gasteiger partial charge in [-0.05, 0) is 45.2 Å². The molecule has 0 spiro atoms. The summed E-state index contributed by atoms with van der Waals surface area (Å²) in [4.78, 5) is 20.9. The highest BCUT2D eigenvalue weighted by molar-refractivity contribution is 5.94. The Hall–Kier alpha value is -2.25. The first-order chi connectivity index (χ1) is 12.1. The monoisotopic (exact) mass is 343 g/mol. The van der Waals surface area contributed by atoms with E-state index in [-0.39, 0.29) is 11.9 Å². The van der Waals surface area contributed by atoms with E-state index < -0.39 is 0 Å². The molecule has 1 aliphatic heterocycles. The first kappa shape index (κ1) is 17.6. The molecule has 0 aliphatic carbocycles. The van der Waals surface area contributed by atoms with Crippen LogP contribution in [0.15, 0.2) is 28.8 Å². The Balaban J connectivity index is 1.76. The van der Waals surface area contributed by atoms with Crippen molar-refractivity contribution < 1.29 is 9.32 Å². The number of hydrogen-bond acceptors (Lipinski definition) is 6. The predicted molar refractivity (Wildman–Crippen MR) is 95.2 cm³/mol. The van der Waals surface area contributed by atoms with Gasteiger partial charge in [-0.25, -0.2) is 0 Å². The maximum Gasteiger partial charge on any atom is 0.257 e.